The fraction of sp³-hybridized carbons (Fsp3) is 0.381. The zero-order valence-corrected chi connectivity index (χ0v) is 17.2. The maximum atomic E-state index is 13.1. The van der Waals surface area contributed by atoms with Crippen LogP contribution in [0.2, 0.25) is 5.02 Å². The largest absolute Gasteiger partial charge is 0.464 e. The number of halogens is 1. The molecule has 1 amide bonds. The van der Waals surface area contributed by atoms with E-state index in [4.69, 9.17) is 16.3 Å². The third-order valence-corrected chi connectivity index (χ3v) is 5.58. The van der Waals surface area contributed by atoms with Crippen molar-refractivity contribution in [2.24, 2.45) is 7.05 Å². The van der Waals surface area contributed by atoms with Crippen LogP contribution in [0.5, 0.6) is 0 Å². The van der Waals surface area contributed by atoms with Crippen LogP contribution in [0, 0.1) is 13.8 Å². The number of carbonyl (C=O) groups is 3. The minimum Gasteiger partial charge on any atom is -0.464 e. The van der Waals surface area contributed by atoms with Crippen LogP contribution in [0.25, 0.3) is 0 Å². The SMILES string of the molecule is COC(=O)c1c(C)c(C(=O)CN(C(=O)c2ccccc2Cl)C2CC2)c(C)n1C. The molecule has 148 valence electrons. The van der Waals surface area contributed by atoms with Crippen LogP contribution in [-0.2, 0) is 11.8 Å². The Balaban J connectivity index is 1.92. The van der Waals surface area contributed by atoms with Crippen molar-refractivity contribution in [3.8, 4) is 0 Å². The van der Waals surface area contributed by atoms with E-state index in [0.717, 1.165) is 12.8 Å². The highest BCUT2D eigenvalue weighted by Gasteiger charge is 2.36. The molecule has 0 unspecified atom stereocenters. The number of Topliss-reactive ketones (excluding diaryl/α,β-unsaturated/α-hetero) is 1. The molecule has 1 aromatic heterocycles. The lowest BCUT2D eigenvalue weighted by atomic mass is 10.0. The van der Waals surface area contributed by atoms with Gasteiger partial charge in [-0.2, -0.15) is 0 Å². The zero-order valence-electron chi connectivity index (χ0n) is 16.4. The first kappa shape index (κ1) is 20.1. The van der Waals surface area contributed by atoms with Gasteiger partial charge in [-0.15, -0.1) is 0 Å². The topological polar surface area (TPSA) is 68.6 Å². The van der Waals surface area contributed by atoms with Crippen molar-refractivity contribution in [2.45, 2.75) is 32.7 Å². The number of hydrogen-bond acceptors (Lipinski definition) is 4. The standard InChI is InChI=1S/C21H23ClN2O4/c1-12-18(13(2)23(3)19(12)21(27)28-4)17(25)11-24(14-9-10-14)20(26)15-7-5-6-8-16(15)22/h5-8,14H,9-11H2,1-4H3. The molecule has 1 aromatic carbocycles. The molecular formula is C21H23ClN2O4. The number of rotatable bonds is 6. The second-order valence-electron chi connectivity index (χ2n) is 7.05. The van der Waals surface area contributed by atoms with Gasteiger partial charge in [-0.3, -0.25) is 9.59 Å². The summed E-state index contributed by atoms with van der Waals surface area (Å²) >= 11 is 6.18. The van der Waals surface area contributed by atoms with Gasteiger partial charge in [-0.1, -0.05) is 23.7 Å². The highest BCUT2D eigenvalue weighted by molar-refractivity contribution is 6.33. The van der Waals surface area contributed by atoms with E-state index in [1.165, 1.54) is 7.11 Å². The van der Waals surface area contributed by atoms with E-state index in [0.29, 0.717) is 33.1 Å². The predicted molar refractivity (Wildman–Crippen MR) is 106 cm³/mol. The number of esters is 1. The molecule has 1 aliphatic carbocycles. The molecule has 0 saturated heterocycles. The Kier molecular flexibility index (Phi) is 5.61. The minimum absolute atomic E-state index is 0.0390. The summed E-state index contributed by atoms with van der Waals surface area (Å²) in [5.41, 5.74) is 2.43. The molecule has 0 bridgehead atoms. The number of ketones is 1. The summed E-state index contributed by atoms with van der Waals surface area (Å²) in [6, 6.07) is 6.88. The van der Waals surface area contributed by atoms with Crippen molar-refractivity contribution in [1.29, 1.82) is 0 Å². The Morgan fingerprint density at radius 2 is 1.86 bits per heavy atom. The average Bonchev–Trinajstić information content (AvgIpc) is 3.47. The van der Waals surface area contributed by atoms with Gasteiger partial charge in [-0.25, -0.2) is 4.79 Å². The maximum absolute atomic E-state index is 13.1. The van der Waals surface area contributed by atoms with Crippen LogP contribution in [0.15, 0.2) is 24.3 Å². The quantitative estimate of drug-likeness (QED) is 0.547. The average molecular weight is 403 g/mol. The molecular weight excluding hydrogens is 380 g/mol. The Morgan fingerprint density at radius 3 is 2.43 bits per heavy atom. The number of benzene rings is 1. The molecule has 7 heteroatoms. The highest BCUT2D eigenvalue weighted by atomic mass is 35.5. The smallest absolute Gasteiger partial charge is 0.354 e. The number of aromatic nitrogens is 1. The summed E-state index contributed by atoms with van der Waals surface area (Å²) in [6.45, 7) is 3.45. The Labute approximate surface area is 169 Å². The molecule has 3 rings (SSSR count). The Morgan fingerprint density at radius 1 is 1.21 bits per heavy atom. The van der Waals surface area contributed by atoms with E-state index >= 15 is 0 Å². The highest BCUT2D eigenvalue weighted by Crippen LogP contribution is 2.31. The van der Waals surface area contributed by atoms with Gasteiger partial charge in [0.15, 0.2) is 5.78 Å². The summed E-state index contributed by atoms with van der Waals surface area (Å²) in [5, 5.41) is 0.366. The Hall–Kier alpha value is -2.60. The zero-order chi connectivity index (χ0) is 20.6. The fourth-order valence-corrected chi connectivity index (χ4v) is 3.77. The van der Waals surface area contributed by atoms with Gasteiger partial charge in [0.05, 0.1) is 24.2 Å². The first-order valence-electron chi connectivity index (χ1n) is 9.10. The van der Waals surface area contributed by atoms with Crippen LogP contribution in [0.4, 0.5) is 0 Å². The number of ether oxygens (including phenoxy) is 1. The molecule has 0 spiro atoms. The van der Waals surface area contributed by atoms with Gasteiger partial charge in [0.25, 0.3) is 5.91 Å². The molecule has 6 nitrogen and oxygen atoms in total. The third kappa shape index (κ3) is 3.56. The summed E-state index contributed by atoms with van der Waals surface area (Å²) < 4.78 is 6.49. The van der Waals surface area contributed by atoms with Gasteiger partial charge >= 0.3 is 5.97 Å². The number of nitrogens with zero attached hydrogens (tertiary/aromatic N) is 2. The van der Waals surface area contributed by atoms with Crippen LogP contribution < -0.4 is 0 Å². The van der Waals surface area contributed by atoms with Crippen molar-refractivity contribution in [3.05, 3.63) is 57.4 Å². The van der Waals surface area contributed by atoms with Crippen molar-refractivity contribution in [3.63, 3.8) is 0 Å². The maximum Gasteiger partial charge on any atom is 0.354 e. The van der Waals surface area contributed by atoms with Crippen molar-refractivity contribution >= 4 is 29.3 Å². The molecule has 1 saturated carbocycles. The molecule has 0 radical (unpaired) electrons. The summed E-state index contributed by atoms with van der Waals surface area (Å²) in [6.07, 6.45) is 1.73. The van der Waals surface area contributed by atoms with Gasteiger partial charge in [0.2, 0.25) is 0 Å². The van der Waals surface area contributed by atoms with E-state index in [-0.39, 0.29) is 24.3 Å². The van der Waals surface area contributed by atoms with Gasteiger partial charge in [-0.05, 0) is 44.4 Å². The summed E-state index contributed by atoms with van der Waals surface area (Å²) in [4.78, 5) is 39.8. The van der Waals surface area contributed by atoms with Gasteiger partial charge in [0.1, 0.15) is 5.69 Å². The van der Waals surface area contributed by atoms with E-state index in [1.54, 1.807) is 54.6 Å². The predicted octanol–water partition coefficient (Wildman–Crippen LogP) is 3.57. The molecule has 0 N–H and O–H groups in total. The molecule has 1 aliphatic rings. The second-order valence-corrected chi connectivity index (χ2v) is 7.46. The van der Waals surface area contributed by atoms with Crippen molar-refractivity contribution < 1.29 is 19.1 Å². The van der Waals surface area contributed by atoms with Gasteiger partial charge < -0.3 is 14.2 Å². The van der Waals surface area contributed by atoms with Crippen LogP contribution in [0.1, 0.15) is 55.3 Å². The molecule has 28 heavy (non-hydrogen) atoms. The van der Waals surface area contributed by atoms with Crippen molar-refractivity contribution in [1.82, 2.24) is 9.47 Å². The molecule has 1 fully saturated rings. The van der Waals surface area contributed by atoms with E-state index in [9.17, 15) is 14.4 Å². The monoisotopic (exact) mass is 402 g/mol. The molecule has 0 atom stereocenters. The molecule has 1 heterocycles. The minimum atomic E-state index is -0.492. The first-order valence-corrected chi connectivity index (χ1v) is 9.48. The molecule has 0 aliphatic heterocycles. The Bertz CT molecular complexity index is 960. The summed E-state index contributed by atoms with van der Waals surface area (Å²) in [5.74, 6) is -0.942. The second kappa shape index (κ2) is 7.80. The normalized spacial score (nSPS) is 13.3. The van der Waals surface area contributed by atoms with E-state index in [1.807, 2.05) is 0 Å². The van der Waals surface area contributed by atoms with Crippen molar-refractivity contribution in [2.75, 3.05) is 13.7 Å². The first-order chi connectivity index (χ1) is 13.3. The summed E-state index contributed by atoms with van der Waals surface area (Å²) in [7, 11) is 3.03. The lowest BCUT2D eigenvalue weighted by molar-refractivity contribution is 0.0588. The lowest BCUT2D eigenvalue weighted by Crippen LogP contribution is -2.38. The molecule has 2 aromatic rings. The third-order valence-electron chi connectivity index (χ3n) is 5.25. The van der Waals surface area contributed by atoms with E-state index in [2.05, 4.69) is 0 Å². The lowest BCUT2D eigenvalue weighted by Gasteiger charge is -2.22. The number of amides is 1. The number of hydrogen-bond donors (Lipinski definition) is 0. The van der Waals surface area contributed by atoms with Crippen LogP contribution >= 0.6 is 11.6 Å². The van der Waals surface area contributed by atoms with Crippen LogP contribution in [-0.4, -0.2) is 46.8 Å². The number of methoxy groups -OCH3 is 1. The van der Waals surface area contributed by atoms with Crippen LogP contribution in [0.3, 0.4) is 0 Å². The number of carbonyl (C=O) groups excluding carboxylic acids is 3. The van der Waals surface area contributed by atoms with Gasteiger partial charge in [0, 0.05) is 24.3 Å². The fourth-order valence-electron chi connectivity index (χ4n) is 3.55. The van der Waals surface area contributed by atoms with E-state index < -0.39 is 5.97 Å².